The van der Waals surface area contributed by atoms with E-state index in [1.54, 1.807) is 42.8 Å². The van der Waals surface area contributed by atoms with E-state index in [1.165, 1.54) is 16.6 Å². The number of hydrogen-bond donors (Lipinski definition) is 2. The third-order valence-corrected chi connectivity index (χ3v) is 10.3. The van der Waals surface area contributed by atoms with E-state index in [0.29, 0.717) is 34.5 Å². The van der Waals surface area contributed by atoms with Crippen LogP contribution in [0.1, 0.15) is 59.6 Å². The number of amides is 1. The van der Waals surface area contributed by atoms with Crippen LogP contribution in [0.4, 0.5) is 22.1 Å². The zero-order valence-electron chi connectivity index (χ0n) is 30.3. The molecule has 3 aromatic heterocycles. The predicted octanol–water partition coefficient (Wildman–Crippen LogP) is 5.05. The van der Waals surface area contributed by atoms with Crippen LogP contribution in [0.2, 0.25) is 0 Å². The Hall–Kier alpha value is -4.75. The molecule has 1 aliphatic carbocycles. The highest BCUT2D eigenvalue weighted by Gasteiger charge is 2.51. The van der Waals surface area contributed by atoms with Crippen LogP contribution >= 0.6 is 0 Å². The van der Waals surface area contributed by atoms with Gasteiger partial charge in [0.05, 0.1) is 12.2 Å². The van der Waals surface area contributed by atoms with Gasteiger partial charge in [0, 0.05) is 62.9 Å². The van der Waals surface area contributed by atoms with Crippen LogP contribution in [0.3, 0.4) is 0 Å². The molecule has 51 heavy (non-hydrogen) atoms. The Balaban J connectivity index is 0.981. The third-order valence-electron chi connectivity index (χ3n) is 10.3. The van der Waals surface area contributed by atoms with E-state index in [4.69, 9.17) is 9.72 Å². The number of aliphatic hydroxyl groups is 1. The molecular weight excluding hydrogens is 646 g/mol. The van der Waals surface area contributed by atoms with Crippen LogP contribution in [0, 0.1) is 5.41 Å². The zero-order chi connectivity index (χ0) is 36.1. The van der Waals surface area contributed by atoms with E-state index in [2.05, 4.69) is 43.8 Å². The summed E-state index contributed by atoms with van der Waals surface area (Å²) in [7, 11) is 0. The van der Waals surface area contributed by atoms with Crippen molar-refractivity contribution in [2.24, 2.45) is 5.41 Å². The number of allylic oxidation sites excluding steroid dienone is 1. The summed E-state index contributed by atoms with van der Waals surface area (Å²) in [6.45, 7) is 18.7. The molecule has 1 spiro atoms. The second-order valence-electron chi connectivity index (χ2n) is 15.8. The molecule has 0 atom stereocenters. The number of nitrogens with one attached hydrogen (secondary N) is 1. The van der Waals surface area contributed by atoms with E-state index in [-0.39, 0.29) is 23.6 Å². The van der Waals surface area contributed by atoms with Crippen LogP contribution in [-0.4, -0.2) is 96.2 Å². The summed E-state index contributed by atoms with van der Waals surface area (Å²) >= 11 is 0. The van der Waals surface area contributed by atoms with Crippen molar-refractivity contribution in [2.45, 2.75) is 77.7 Å². The van der Waals surface area contributed by atoms with Gasteiger partial charge in [-0.25, -0.2) is 24.1 Å². The number of carbonyl (C=O) groups is 1. The number of ether oxygens (including phenoxy) is 1. The molecule has 7 rings (SSSR count). The maximum atomic E-state index is 13.4. The van der Waals surface area contributed by atoms with Crippen molar-refractivity contribution < 1.29 is 14.6 Å². The van der Waals surface area contributed by atoms with E-state index in [9.17, 15) is 14.7 Å². The van der Waals surface area contributed by atoms with Crippen molar-refractivity contribution in [1.29, 1.82) is 0 Å². The molecule has 13 nitrogen and oxygen atoms in total. The number of anilines is 3. The molecule has 1 amide bonds. The van der Waals surface area contributed by atoms with Gasteiger partial charge in [-0.15, -0.1) is 6.58 Å². The number of piperazine rings is 1. The van der Waals surface area contributed by atoms with Gasteiger partial charge in [-0.3, -0.25) is 9.69 Å². The van der Waals surface area contributed by atoms with Gasteiger partial charge in [0.25, 0.3) is 5.56 Å². The molecule has 4 aromatic rings. The number of nitrogens with zero attached hydrogens (tertiary/aromatic N) is 8. The first-order chi connectivity index (χ1) is 24.2. The zero-order valence-corrected chi connectivity index (χ0v) is 30.3. The lowest BCUT2D eigenvalue weighted by Gasteiger charge is -2.52. The first kappa shape index (κ1) is 34.7. The fourth-order valence-electron chi connectivity index (χ4n) is 7.67. The molecule has 270 valence electrons. The smallest absolute Gasteiger partial charge is 0.410 e. The van der Waals surface area contributed by atoms with Gasteiger partial charge in [-0.1, -0.05) is 12.1 Å². The molecule has 0 unspecified atom stereocenters. The minimum absolute atomic E-state index is 0.181. The van der Waals surface area contributed by atoms with Gasteiger partial charge in [0.2, 0.25) is 5.95 Å². The highest BCUT2D eigenvalue weighted by molar-refractivity contribution is 5.77. The lowest BCUT2D eigenvalue weighted by molar-refractivity contribution is -0.00366. The first-order valence-corrected chi connectivity index (χ1v) is 17.9. The van der Waals surface area contributed by atoms with Crippen LogP contribution < -0.4 is 15.8 Å². The monoisotopic (exact) mass is 695 g/mol. The number of carbonyl (C=O) groups excluding carboxylic acids is 1. The Morgan fingerprint density at radius 1 is 1.04 bits per heavy atom. The van der Waals surface area contributed by atoms with E-state index in [0.717, 1.165) is 64.2 Å². The normalized spacial score (nSPS) is 21.3. The van der Waals surface area contributed by atoms with Gasteiger partial charge < -0.3 is 25.0 Å². The molecule has 2 N–H and O–H groups in total. The highest BCUT2D eigenvalue weighted by atomic mass is 16.6. The average Bonchev–Trinajstić information content (AvgIpc) is 3.64. The second-order valence-corrected chi connectivity index (χ2v) is 15.8. The molecule has 1 aromatic carbocycles. The molecule has 2 aliphatic heterocycles. The molecule has 1 saturated carbocycles. The van der Waals surface area contributed by atoms with Crippen molar-refractivity contribution in [3.8, 4) is 5.82 Å². The standard InChI is InChI=1S/C38H49N9O4/c1-7-16-46-33(48)29-24-39-34(42-32(29)47(46)31-10-8-9-30(41-31)37(5,6)50)40-26-11-13-27(14-12-26)43-18-20-44(21-19-43)28-22-38(23-28)15-17-45(25-38)35(49)51-36(2,3)4/h7-14,24,28,50H,1,15-23,25H2,2-6H3,(H,39,40,42). The third kappa shape index (κ3) is 7.09. The predicted molar refractivity (Wildman–Crippen MR) is 198 cm³/mol. The Kier molecular flexibility index (Phi) is 8.91. The second kappa shape index (κ2) is 13.1. The molecule has 2 saturated heterocycles. The number of likely N-dealkylation sites (tertiary alicyclic amines) is 1. The Bertz CT molecular complexity index is 1980. The Morgan fingerprint density at radius 2 is 1.76 bits per heavy atom. The summed E-state index contributed by atoms with van der Waals surface area (Å²) in [6, 6.07) is 14.2. The van der Waals surface area contributed by atoms with Crippen LogP contribution in [-0.2, 0) is 16.9 Å². The van der Waals surface area contributed by atoms with E-state index >= 15 is 0 Å². The van der Waals surface area contributed by atoms with Crippen molar-refractivity contribution in [3.63, 3.8) is 0 Å². The number of benzene rings is 1. The molecule has 0 radical (unpaired) electrons. The molecule has 3 fully saturated rings. The number of aromatic nitrogens is 5. The minimum Gasteiger partial charge on any atom is -0.444 e. The van der Waals surface area contributed by atoms with Gasteiger partial charge in [-0.05, 0) is 95.7 Å². The number of hydrogen-bond acceptors (Lipinski definition) is 10. The fraction of sp³-hybridized carbons (Fsp3) is 0.500. The Labute approximate surface area is 298 Å². The molecular formula is C38H49N9O4. The van der Waals surface area contributed by atoms with Crippen molar-refractivity contribution >= 4 is 34.4 Å². The Morgan fingerprint density at radius 3 is 2.43 bits per heavy atom. The topological polar surface area (TPSA) is 134 Å². The van der Waals surface area contributed by atoms with Crippen molar-refractivity contribution in [2.75, 3.05) is 49.5 Å². The van der Waals surface area contributed by atoms with Gasteiger partial charge in [-0.2, -0.15) is 4.98 Å². The lowest BCUT2D eigenvalue weighted by atomic mass is 9.64. The average molecular weight is 696 g/mol. The summed E-state index contributed by atoms with van der Waals surface area (Å²) in [6.07, 6.45) is 6.37. The van der Waals surface area contributed by atoms with Gasteiger partial charge in [0.15, 0.2) is 11.5 Å². The molecule has 5 heterocycles. The summed E-state index contributed by atoms with van der Waals surface area (Å²) in [5.74, 6) is 0.805. The largest absolute Gasteiger partial charge is 0.444 e. The fourth-order valence-corrected chi connectivity index (χ4v) is 7.67. The maximum Gasteiger partial charge on any atom is 0.410 e. The SMILES string of the molecule is C=CCn1c(=O)c2cnc(Nc3ccc(N4CCN(C5CC6(CCN(C(=O)OC(C)(C)C)C6)C5)CC4)cc3)nc2n1-c1cccc(C(C)(C)O)n1. The van der Waals surface area contributed by atoms with Crippen LogP contribution in [0.15, 0.2) is 66.1 Å². The van der Waals surface area contributed by atoms with Crippen LogP contribution in [0.5, 0.6) is 0 Å². The summed E-state index contributed by atoms with van der Waals surface area (Å²) < 4.78 is 8.78. The lowest BCUT2D eigenvalue weighted by Crippen LogP contribution is -2.57. The van der Waals surface area contributed by atoms with Gasteiger partial charge >= 0.3 is 6.09 Å². The van der Waals surface area contributed by atoms with Crippen molar-refractivity contribution in [1.82, 2.24) is 34.1 Å². The molecule has 13 heteroatoms. The quantitative estimate of drug-likeness (QED) is 0.242. The van der Waals surface area contributed by atoms with Crippen LogP contribution in [0.25, 0.3) is 16.9 Å². The van der Waals surface area contributed by atoms with Gasteiger partial charge in [0.1, 0.15) is 16.6 Å². The molecule has 3 aliphatic rings. The number of fused-ring (bicyclic) bond motifs is 1. The van der Waals surface area contributed by atoms with Crippen molar-refractivity contribution in [3.05, 3.63) is 77.4 Å². The number of pyridine rings is 1. The highest BCUT2D eigenvalue weighted by Crippen LogP contribution is 2.50. The molecule has 0 bridgehead atoms. The summed E-state index contributed by atoms with van der Waals surface area (Å²) in [4.78, 5) is 46.7. The first-order valence-electron chi connectivity index (χ1n) is 17.9. The summed E-state index contributed by atoms with van der Waals surface area (Å²) in [5.41, 5.74) is 1.25. The van der Waals surface area contributed by atoms with E-state index in [1.807, 2.05) is 37.8 Å². The maximum absolute atomic E-state index is 13.4. The summed E-state index contributed by atoms with van der Waals surface area (Å²) in [5, 5.41) is 14.2. The number of rotatable bonds is 8. The minimum atomic E-state index is -1.16. The van der Waals surface area contributed by atoms with E-state index < -0.39 is 11.2 Å².